The molecular weight excluding hydrogens is 214 g/mol. The number of hydrogen-bond donors (Lipinski definition) is 3. The molecule has 0 fully saturated rings. The highest BCUT2D eigenvalue weighted by molar-refractivity contribution is 7.80. The second-order valence-corrected chi connectivity index (χ2v) is 3.55. The topological polar surface area (TPSA) is 70.2 Å². The number of nitrogens with one attached hydrogen (secondary N) is 3. The van der Waals surface area contributed by atoms with Crippen molar-refractivity contribution < 1.29 is 9.59 Å². The first-order valence-corrected chi connectivity index (χ1v) is 5.33. The fraction of sp³-hybridized carbons (Fsp3) is 0.667. The molecule has 0 aliphatic heterocycles. The predicted molar refractivity (Wildman–Crippen MR) is 61.8 cm³/mol. The molecule has 86 valence electrons. The lowest BCUT2D eigenvalue weighted by Crippen LogP contribution is -2.47. The molecular formula is C9H17N3O2S. The molecule has 0 rings (SSSR count). The van der Waals surface area contributed by atoms with Crippen LogP contribution in [-0.2, 0) is 9.59 Å². The summed E-state index contributed by atoms with van der Waals surface area (Å²) in [6, 6.07) is 0. The molecule has 0 heterocycles. The van der Waals surface area contributed by atoms with Crippen molar-refractivity contribution in [1.82, 2.24) is 16.2 Å². The number of amides is 2. The van der Waals surface area contributed by atoms with E-state index in [2.05, 4.69) is 23.1 Å². The van der Waals surface area contributed by atoms with E-state index in [1.807, 2.05) is 0 Å². The molecule has 0 bridgehead atoms. The summed E-state index contributed by atoms with van der Waals surface area (Å²) in [5.74, 6) is -0.399. The number of carbonyl (C=O) groups excluding carboxylic acids is 2. The van der Waals surface area contributed by atoms with E-state index in [0.29, 0.717) is 6.42 Å². The average molecular weight is 231 g/mol. The first-order valence-electron chi connectivity index (χ1n) is 4.92. The maximum atomic E-state index is 11.2. The quantitative estimate of drug-likeness (QED) is 0.376. The molecule has 0 saturated carbocycles. The maximum absolute atomic E-state index is 11.2. The van der Waals surface area contributed by atoms with Crippen molar-refractivity contribution in [3.05, 3.63) is 0 Å². The van der Waals surface area contributed by atoms with Gasteiger partial charge in [0.15, 0.2) is 5.11 Å². The average Bonchev–Trinajstić information content (AvgIpc) is 2.15. The number of carbonyl (C=O) groups is 2. The summed E-state index contributed by atoms with van der Waals surface area (Å²) >= 11 is 4.77. The Hall–Kier alpha value is -1.17. The normalized spacial score (nSPS) is 9.20. The fourth-order valence-electron chi connectivity index (χ4n) is 0.901. The lowest BCUT2D eigenvalue weighted by molar-refractivity contribution is -0.121. The Morgan fingerprint density at radius 1 is 1.20 bits per heavy atom. The molecule has 0 aliphatic rings. The van der Waals surface area contributed by atoms with Gasteiger partial charge in [0.1, 0.15) is 0 Å². The highest BCUT2D eigenvalue weighted by Gasteiger charge is 2.03. The second kappa shape index (κ2) is 8.16. The summed E-state index contributed by atoms with van der Waals surface area (Å²) in [6.07, 6.45) is 3.40. The van der Waals surface area contributed by atoms with Crippen molar-refractivity contribution in [2.24, 2.45) is 0 Å². The largest absolute Gasteiger partial charge is 0.302 e. The van der Waals surface area contributed by atoms with E-state index in [1.165, 1.54) is 6.92 Å². The SMILES string of the molecule is CCCCCC(=O)NC(=S)NNC(C)=O. The van der Waals surface area contributed by atoms with Crippen LogP contribution in [0, 0.1) is 0 Å². The van der Waals surface area contributed by atoms with Gasteiger partial charge in [-0.25, -0.2) is 0 Å². The van der Waals surface area contributed by atoms with Crippen molar-refractivity contribution in [2.45, 2.75) is 39.5 Å². The van der Waals surface area contributed by atoms with E-state index in [9.17, 15) is 9.59 Å². The van der Waals surface area contributed by atoms with Gasteiger partial charge in [0, 0.05) is 13.3 Å². The molecule has 0 aliphatic carbocycles. The monoisotopic (exact) mass is 231 g/mol. The van der Waals surface area contributed by atoms with Gasteiger partial charge >= 0.3 is 0 Å². The van der Waals surface area contributed by atoms with Gasteiger partial charge in [-0.2, -0.15) is 0 Å². The van der Waals surface area contributed by atoms with E-state index in [0.717, 1.165) is 19.3 Å². The lowest BCUT2D eigenvalue weighted by Gasteiger charge is -2.08. The van der Waals surface area contributed by atoms with Crippen LogP contribution < -0.4 is 16.2 Å². The number of unbranched alkanes of at least 4 members (excludes halogenated alkanes) is 2. The number of hydrogen-bond acceptors (Lipinski definition) is 3. The molecule has 0 spiro atoms. The van der Waals surface area contributed by atoms with Crippen molar-refractivity contribution in [1.29, 1.82) is 0 Å². The maximum Gasteiger partial charge on any atom is 0.235 e. The standard InChI is InChI=1S/C9H17N3O2S/c1-3-4-5-6-8(14)10-9(15)12-11-7(2)13/h3-6H2,1-2H3,(H,11,13)(H2,10,12,14,15). The Morgan fingerprint density at radius 2 is 1.87 bits per heavy atom. The van der Waals surface area contributed by atoms with E-state index >= 15 is 0 Å². The molecule has 6 heteroatoms. The van der Waals surface area contributed by atoms with Crippen LogP contribution in [0.3, 0.4) is 0 Å². The predicted octanol–water partition coefficient (Wildman–Crippen LogP) is 0.609. The molecule has 0 aromatic heterocycles. The van der Waals surface area contributed by atoms with Gasteiger partial charge in [0.2, 0.25) is 11.8 Å². The van der Waals surface area contributed by atoms with Crippen molar-refractivity contribution in [3.63, 3.8) is 0 Å². The van der Waals surface area contributed by atoms with Crippen LogP contribution in [0.15, 0.2) is 0 Å². The van der Waals surface area contributed by atoms with E-state index < -0.39 is 0 Å². The van der Waals surface area contributed by atoms with Crippen LogP contribution in [0.4, 0.5) is 0 Å². The molecule has 0 aromatic carbocycles. The van der Waals surface area contributed by atoms with Gasteiger partial charge in [0.25, 0.3) is 0 Å². The third kappa shape index (κ3) is 9.14. The molecule has 3 N–H and O–H groups in total. The third-order valence-corrected chi connectivity index (χ3v) is 1.82. The molecule has 0 aromatic rings. The van der Waals surface area contributed by atoms with Crippen LogP contribution >= 0.6 is 12.2 Å². The zero-order valence-electron chi connectivity index (χ0n) is 9.05. The van der Waals surface area contributed by atoms with Crippen LogP contribution in [0.2, 0.25) is 0 Å². The van der Waals surface area contributed by atoms with Gasteiger partial charge in [-0.05, 0) is 18.6 Å². The van der Waals surface area contributed by atoms with Crippen molar-refractivity contribution >= 4 is 29.1 Å². The van der Waals surface area contributed by atoms with Crippen molar-refractivity contribution in [2.75, 3.05) is 0 Å². The summed E-state index contributed by atoms with van der Waals surface area (Å²) in [6.45, 7) is 3.42. The van der Waals surface area contributed by atoms with Crippen LogP contribution in [0.1, 0.15) is 39.5 Å². The minimum atomic E-state index is -0.266. The molecule has 0 atom stereocenters. The zero-order chi connectivity index (χ0) is 11.7. The highest BCUT2D eigenvalue weighted by atomic mass is 32.1. The minimum absolute atomic E-state index is 0.117. The smallest absolute Gasteiger partial charge is 0.235 e. The summed E-state index contributed by atoms with van der Waals surface area (Å²) in [5.41, 5.74) is 4.68. The Bertz CT molecular complexity index is 244. The first kappa shape index (κ1) is 13.8. The summed E-state index contributed by atoms with van der Waals surface area (Å²) < 4.78 is 0. The Morgan fingerprint density at radius 3 is 2.40 bits per heavy atom. The van der Waals surface area contributed by atoms with Gasteiger partial charge in [-0.1, -0.05) is 19.8 Å². The Labute approximate surface area is 95.0 Å². The van der Waals surface area contributed by atoms with E-state index in [-0.39, 0.29) is 16.9 Å². The van der Waals surface area contributed by atoms with E-state index in [4.69, 9.17) is 12.2 Å². The van der Waals surface area contributed by atoms with Gasteiger partial charge in [-0.15, -0.1) is 0 Å². The molecule has 2 amide bonds. The second-order valence-electron chi connectivity index (χ2n) is 3.14. The Kier molecular flexibility index (Phi) is 7.53. The molecule has 15 heavy (non-hydrogen) atoms. The van der Waals surface area contributed by atoms with Gasteiger partial charge in [0.05, 0.1) is 0 Å². The molecule has 0 radical (unpaired) electrons. The molecule has 5 nitrogen and oxygen atoms in total. The minimum Gasteiger partial charge on any atom is -0.302 e. The number of thiocarbonyl (C=S) groups is 1. The lowest BCUT2D eigenvalue weighted by atomic mass is 10.2. The third-order valence-electron chi connectivity index (χ3n) is 1.61. The van der Waals surface area contributed by atoms with Crippen molar-refractivity contribution in [3.8, 4) is 0 Å². The van der Waals surface area contributed by atoms with Crippen LogP contribution in [-0.4, -0.2) is 16.9 Å². The fourth-order valence-corrected chi connectivity index (χ4v) is 1.07. The van der Waals surface area contributed by atoms with Crippen LogP contribution in [0.5, 0.6) is 0 Å². The zero-order valence-corrected chi connectivity index (χ0v) is 9.87. The number of hydrazine groups is 1. The summed E-state index contributed by atoms with van der Waals surface area (Å²) in [7, 11) is 0. The molecule has 0 saturated heterocycles. The van der Waals surface area contributed by atoms with Gasteiger partial charge in [-0.3, -0.25) is 20.4 Å². The molecule has 0 unspecified atom stereocenters. The highest BCUT2D eigenvalue weighted by Crippen LogP contribution is 1.97. The first-order chi connectivity index (χ1) is 7.06. The number of rotatable bonds is 4. The summed E-state index contributed by atoms with van der Waals surface area (Å²) in [5, 5.41) is 2.58. The van der Waals surface area contributed by atoms with E-state index in [1.54, 1.807) is 0 Å². The van der Waals surface area contributed by atoms with Gasteiger partial charge < -0.3 is 5.32 Å². The van der Waals surface area contributed by atoms with Crippen LogP contribution in [0.25, 0.3) is 0 Å². The summed E-state index contributed by atoms with van der Waals surface area (Å²) in [4.78, 5) is 21.7. The Balaban J connectivity index is 3.58.